The van der Waals surface area contributed by atoms with E-state index in [9.17, 15) is 55.9 Å². The van der Waals surface area contributed by atoms with Gasteiger partial charge in [-0.15, -0.1) is 0 Å². The van der Waals surface area contributed by atoms with Crippen LogP contribution < -0.4 is 0 Å². The van der Waals surface area contributed by atoms with Crippen LogP contribution in [-0.4, -0.2) is 150 Å². The molecule has 0 unspecified atom stereocenters. The number of esters is 1. The lowest BCUT2D eigenvalue weighted by atomic mass is 9.33. The molecule has 21 atom stereocenters. The van der Waals surface area contributed by atoms with Gasteiger partial charge in [0.2, 0.25) is 6.29 Å². The molecule has 0 bridgehead atoms. The van der Waals surface area contributed by atoms with E-state index < -0.39 is 114 Å². The third kappa shape index (κ3) is 6.18. The molecule has 15 heteroatoms. The van der Waals surface area contributed by atoms with E-state index in [4.69, 9.17) is 18.9 Å². The molecule has 10 N–H and O–H groups in total. The molecular formula is C42H68O15. The Kier molecular flexibility index (Phi) is 11.5. The number of fused-ring (bicyclic) bond motifs is 7. The highest BCUT2D eigenvalue weighted by Crippen LogP contribution is 2.76. The Morgan fingerprint density at radius 2 is 1.33 bits per heavy atom. The fourth-order valence-corrected chi connectivity index (χ4v) is 13.8. The van der Waals surface area contributed by atoms with Crippen molar-refractivity contribution >= 4 is 5.97 Å². The minimum atomic E-state index is -1.75. The summed E-state index contributed by atoms with van der Waals surface area (Å²) in [4.78, 5) is 14.6. The van der Waals surface area contributed by atoms with Crippen LogP contribution in [0.2, 0.25) is 0 Å². The standard InChI is InChI=1S/C42H68O15/c1-20-9-14-42(36(52)57-35-32(51)30(49)28(47)23(18-44)55-35)16-15-39(4)21(33(42)41(20,6)53)7-8-25-37(2)12-11-26(38(3,19-45)24(37)10-13-40(25,39)5)56-34-31(50)29(48)27(46)22(17-43)54-34/h7,20,22-35,43-51,53H,8-19H2,1-6H3/t20-,22-,23-,24-,25-,26+,27-,28-,29+,30+,31-,32-,33-,34+,35+,37+,38-,39-,40-,41-,42+/m1/s1. The predicted octanol–water partition coefficient (Wildman–Crippen LogP) is 0.260. The molecule has 2 saturated heterocycles. The van der Waals surface area contributed by atoms with Crippen LogP contribution in [0.1, 0.15) is 99.3 Å². The van der Waals surface area contributed by atoms with Gasteiger partial charge in [-0.1, -0.05) is 46.3 Å². The maximum atomic E-state index is 14.6. The van der Waals surface area contributed by atoms with Crippen molar-refractivity contribution in [1.29, 1.82) is 0 Å². The van der Waals surface area contributed by atoms with Gasteiger partial charge < -0.3 is 70.0 Å². The molecule has 2 heterocycles. The number of aliphatic hydroxyl groups is 10. The number of carbonyl (C=O) groups excluding carboxylic acids is 1. The van der Waals surface area contributed by atoms with Gasteiger partial charge in [-0.2, -0.15) is 0 Å². The number of carbonyl (C=O) groups is 1. The first-order valence-electron chi connectivity index (χ1n) is 21.1. The molecule has 0 amide bonds. The molecule has 6 fully saturated rings. The van der Waals surface area contributed by atoms with Crippen LogP contribution in [0.4, 0.5) is 0 Å². The van der Waals surface area contributed by atoms with Gasteiger partial charge in [0.1, 0.15) is 48.8 Å². The molecular weight excluding hydrogens is 744 g/mol. The second-order valence-electron chi connectivity index (χ2n) is 20.2. The summed E-state index contributed by atoms with van der Waals surface area (Å²) in [6.45, 7) is 11.3. The number of ether oxygens (including phenoxy) is 4. The molecule has 0 aromatic heterocycles. The second-order valence-corrected chi connectivity index (χ2v) is 20.2. The summed E-state index contributed by atoms with van der Waals surface area (Å²) >= 11 is 0. The average molecular weight is 813 g/mol. The van der Waals surface area contributed by atoms with Gasteiger partial charge in [0.15, 0.2) is 6.29 Å². The normalized spacial score (nSPS) is 56.4. The highest BCUT2D eigenvalue weighted by molar-refractivity contribution is 5.79. The van der Waals surface area contributed by atoms with Crippen LogP contribution >= 0.6 is 0 Å². The van der Waals surface area contributed by atoms with Crippen molar-refractivity contribution < 1.29 is 74.8 Å². The largest absolute Gasteiger partial charge is 0.432 e. The van der Waals surface area contributed by atoms with Gasteiger partial charge in [0.05, 0.1) is 36.9 Å². The van der Waals surface area contributed by atoms with E-state index in [1.54, 1.807) is 6.92 Å². The number of allylic oxidation sites excluding steroid dienone is 1. The van der Waals surface area contributed by atoms with Gasteiger partial charge in [-0.05, 0) is 98.7 Å². The van der Waals surface area contributed by atoms with Crippen LogP contribution in [-0.2, 0) is 23.7 Å². The molecule has 0 spiro atoms. The number of hydrogen-bond donors (Lipinski definition) is 10. The zero-order valence-electron chi connectivity index (χ0n) is 34.2. The van der Waals surface area contributed by atoms with Crippen LogP contribution in [0.25, 0.3) is 0 Å². The first-order chi connectivity index (χ1) is 26.6. The molecule has 4 saturated carbocycles. The summed E-state index contributed by atoms with van der Waals surface area (Å²) in [7, 11) is 0. The van der Waals surface area contributed by atoms with Crippen LogP contribution in [0.3, 0.4) is 0 Å². The number of aliphatic hydroxyl groups excluding tert-OH is 9. The lowest BCUT2D eigenvalue weighted by molar-refractivity contribution is -0.333. The Bertz CT molecular complexity index is 1540. The molecule has 0 aromatic carbocycles. The SMILES string of the molecule is C[C@@H]1CC[C@]2(C(=O)O[C@@H]3O[C@H](CO)[C@@H](O)[C@H](O)[C@H]3O)CC[C@]3(C)C(=CC[C@@H]4[C@@]5(C)CC[C@H](O[C@@H]6O[C@H](CO)[C@@H](O)[C@H](O)[C@H]6O)[C@](C)(CO)[C@@H]5CC[C@]43C)[C@@H]2[C@]1(C)O. The Hall–Kier alpha value is -1.31. The van der Waals surface area contributed by atoms with Crippen molar-refractivity contribution in [2.45, 2.75) is 172 Å². The Morgan fingerprint density at radius 3 is 1.93 bits per heavy atom. The Balaban J connectivity index is 1.19. The molecule has 326 valence electrons. The summed E-state index contributed by atoms with van der Waals surface area (Å²) in [6.07, 6.45) is -7.79. The van der Waals surface area contributed by atoms with Gasteiger partial charge in [0, 0.05) is 11.3 Å². The van der Waals surface area contributed by atoms with Crippen LogP contribution in [0.15, 0.2) is 11.6 Å². The smallest absolute Gasteiger partial charge is 0.315 e. The zero-order chi connectivity index (χ0) is 41.8. The highest BCUT2D eigenvalue weighted by Gasteiger charge is 2.72. The van der Waals surface area contributed by atoms with Gasteiger partial charge in [-0.25, -0.2) is 0 Å². The van der Waals surface area contributed by atoms with Crippen LogP contribution in [0, 0.1) is 50.7 Å². The van der Waals surface area contributed by atoms with E-state index >= 15 is 0 Å². The maximum absolute atomic E-state index is 14.6. The van der Waals surface area contributed by atoms with Crippen molar-refractivity contribution in [2.75, 3.05) is 19.8 Å². The van der Waals surface area contributed by atoms with Gasteiger partial charge in [-0.3, -0.25) is 4.79 Å². The molecule has 57 heavy (non-hydrogen) atoms. The van der Waals surface area contributed by atoms with Crippen LogP contribution in [0.5, 0.6) is 0 Å². The van der Waals surface area contributed by atoms with E-state index in [1.807, 2.05) is 13.8 Å². The van der Waals surface area contributed by atoms with E-state index in [1.165, 1.54) is 0 Å². The Morgan fingerprint density at radius 1 is 0.737 bits per heavy atom. The van der Waals surface area contributed by atoms with Crippen molar-refractivity contribution in [1.82, 2.24) is 0 Å². The zero-order valence-corrected chi connectivity index (χ0v) is 34.2. The van der Waals surface area contributed by atoms with E-state index in [-0.39, 0.29) is 35.2 Å². The lowest BCUT2D eigenvalue weighted by Crippen LogP contribution is -2.69. The summed E-state index contributed by atoms with van der Waals surface area (Å²) in [6, 6.07) is 0. The summed E-state index contributed by atoms with van der Waals surface area (Å²) in [5.41, 5.74) is -3.21. The van der Waals surface area contributed by atoms with Gasteiger partial charge in [0.25, 0.3) is 0 Å². The molecule has 15 nitrogen and oxygen atoms in total. The fourth-order valence-electron chi connectivity index (χ4n) is 13.8. The van der Waals surface area contributed by atoms with E-state index in [0.717, 1.165) is 24.8 Å². The first kappa shape index (κ1) is 43.8. The fraction of sp³-hybridized carbons (Fsp3) is 0.929. The van der Waals surface area contributed by atoms with E-state index in [2.05, 4.69) is 26.8 Å². The third-order valence-electron chi connectivity index (χ3n) is 17.8. The lowest BCUT2D eigenvalue weighted by Gasteiger charge is -2.72. The third-order valence-corrected chi connectivity index (χ3v) is 17.8. The molecule has 5 aliphatic carbocycles. The summed E-state index contributed by atoms with van der Waals surface area (Å²) in [5, 5.41) is 106. The molecule has 0 radical (unpaired) electrons. The topological polar surface area (TPSA) is 256 Å². The van der Waals surface area contributed by atoms with Gasteiger partial charge >= 0.3 is 5.97 Å². The molecule has 0 aromatic rings. The second kappa shape index (κ2) is 14.9. The molecule has 7 aliphatic rings. The molecule has 2 aliphatic heterocycles. The summed E-state index contributed by atoms with van der Waals surface area (Å²) < 4.78 is 23.7. The van der Waals surface area contributed by atoms with Crippen molar-refractivity contribution in [3.05, 3.63) is 11.6 Å². The average Bonchev–Trinajstić information content (AvgIpc) is 3.17. The Labute approximate surface area is 335 Å². The maximum Gasteiger partial charge on any atom is 0.315 e. The minimum absolute atomic E-state index is 0.00994. The summed E-state index contributed by atoms with van der Waals surface area (Å²) in [5.74, 6) is -1.28. The minimum Gasteiger partial charge on any atom is -0.432 e. The van der Waals surface area contributed by atoms with Crippen molar-refractivity contribution in [2.24, 2.45) is 50.7 Å². The predicted molar refractivity (Wildman–Crippen MR) is 200 cm³/mol. The quantitative estimate of drug-likeness (QED) is 0.0940. The first-order valence-corrected chi connectivity index (χ1v) is 21.1. The van der Waals surface area contributed by atoms with Crippen molar-refractivity contribution in [3.8, 4) is 0 Å². The monoisotopic (exact) mass is 812 g/mol. The highest BCUT2D eigenvalue weighted by atomic mass is 16.7. The number of hydrogen-bond acceptors (Lipinski definition) is 15. The molecule has 7 rings (SSSR count). The van der Waals surface area contributed by atoms with Crippen molar-refractivity contribution in [3.63, 3.8) is 0 Å². The van der Waals surface area contributed by atoms with E-state index in [0.29, 0.717) is 38.5 Å². The number of rotatable bonds is 7.